The Hall–Kier alpha value is -0.160. The van der Waals surface area contributed by atoms with Gasteiger partial charge < -0.3 is 10.2 Å². The van der Waals surface area contributed by atoms with E-state index in [0.717, 1.165) is 13.1 Å². The molecule has 1 N–H and O–H groups in total. The first-order valence-electron chi connectivity index (χ1n) is 11.5. The van der Waals surface area contributed by atoms with Crippen LogP contribution in [-0.4, -0.2) is 85.2 Å². The van der Waals surface area contributed by atoms with E-state index in [1.807, 2.05) is 41.5 Å². The molecule has 0 aromatic heterocycles. The Bertz CT molecular complexity index is 278. The zero-order chi connectivity index (χ0) is 22.1. The first-order chi connectivity index (χ1) is 12.6. The van der Waals surface area contributed by atoms with Gasteiger partial charge in [0.25, 0.3) is 0 Å². The molecule has 0 bridgehead atoms. The quantitative estimate of drug-likeness (QED) is 0.643. The van der Waals surface area contributed by atoms with Crippen LogP contribution in [0.5, 0.6) is 0 Å². The topological polar surface area (TPSA) is 21.8 Å². The van der Waals surface area contributed by atoms with Crippen LogP contribution in [0.15, 0.2) is 0 Å². The van der Waals surface area contributed by atoms with Crippen molar-refractivity contribution in [3.8, 4) is 0 Å². The highest BCUT2D eigenvalue weighted by Gasteiger charge is 2.24. The molecule has 0 aliphatic carbocycles. The molecule has 0 atom stereocenters. The zero-order valence-corrected chi connectivity index (χ0v) is 21.5. The van der Waals surface area contributed by atoms with Crippen molar-refractivity contribution in [2.24, 2.45) is 0 Å². The number of piperazine rings is 2. The molecule has 0 radical (unpaired) electrons. The van der Waals surface area contributed by atoms with E-state index in [1.165, 1.54) is 39.3 Å². The average molecular weight is 389 g/mol. The van der Waals surface area contributed by atoms with Crippen LogP contribution in [0, 0.1) is 0 Å². The third-order valence-corrected chi connectivity index (χ3v) is 4.52. The molecule has 0 saturated carbocycles. The van der Waals surface area contributed by atoms with Crippen molar-refractivity contribution >= 4 is 0 Å². The maximum absolute atomic E-state index is 3.35. The van der Waals surface area contributed by atoms with E-state index in [1.54, 1.807) is 0 Å². The number of nitrogens with zero attached hydrogens (tertiary/aromatic N) is 3. The SMILES string of the molecule is CC.CC.CC.CC(C)(C)N1CCNCC1.CN1CCN(C(C)(C)C)CC1. The van der Waals surface area contributed by atoms with Crippen molar-refractivity contribution in [1.82, 2.24) is 20.0 Å². The van der Waals surface area contributed by atoms with Crippen LogP contribution in [-0.2, 0) is 0 Å². The van der Waals surface area contributed by atoms with Crippen LogP contribution in [0.4, 0.5) is 0 Å². The first-order valence-corrected chi connectivity index (χ1v) is 11.5. The molecule has 4 nitrogen and oxygen atoms in total. The van der Waals surface area contributed by atoms with Crippen molar-refractivity contribution in [2.75, 3.05) is 59.4 Å². The number of rotatable bonds is 0. The highest BCUT2D eigenvalue weighted by Crippen LogP contribution is 2.14. The third-order valence-electron chi connectivity index (χ3n) is 4.52. The average Bonchev–Trinajstić information content (AvgIpc) is 2.67. The van der Waals surface area contributed by atoms with Crippen molar-refractivity contribution in [3.05, 3.63) is 0 Å². The highest BCUT2D eigenvalue weighted by molar-refractivity contribution is 4.81. The second-order valence-corrected chi connectivity index (χ2v) is 8.37. The van der Waals surface area contributed by atoms with Gasteiger partial charge in [0.05, 0.1) is 0 Å². The summed E-state index contributed by atoms with van der Waals surface area (Å²) in [6.45, 7) is 35.3. The summed E-state index contributed by atoms with van der Waals surface area (Å²) in [7, 11) is 2.19. The predicted octanol–water partition coefficient (Wildman–Crippen LogP) is 4.80. The van der Waals surface area contributed by atoms with E-state index in [9.17, 15) is 0 Å². The van der Waals surface area contributed by atoms with Crippen molar-refractivity contribution in [2.45, 2.75) is 94.2 Å². The van der Waals surface area contributed by atoms with E-state index < -0.39 is 0 Å². The van der Waals surface area contributed by atoms with E-state index in [2.05, 4.69) is 68.6 Å². The van der Waals surface area contributed by atoms with Crippen molar-refractivity contribution < 1.29 is 0 Å². The van der Waals surface area contributed by atoms with Crippen LogP contribution in [0.1, 0.15) is 83.1 Å². The molecule has 0 aromatic rings. The van der Waals surface area contributed by atoms with Gasteiger partial charge in [0.2, 0.25) is 0 Å². The van der Waals surface area contributed by atoms with Crippen LogP contribution in [0.25, 0.3) is 0 Å². The molecule has 2 saturated heterocycles. The molecule has 2 fully saturated rings. The van der Waals surface area contributed by atoms with Gasteiger partial charge in [-0.2, -0.15) is 0 Å². The number of hydrogen-bond donors (Lipinski definition) is 1. The molecule has 0 spiro atoms. The molecule has 168 valence electrons. The molecule has 0 amide bonds. The lowest BCUT2D eigenvalue weighted by atomic mass is 10.1. The highest BCUT2D eigenvalue weighted by atomic mass is 15.3. The molecular weight excluding hydrogens is 332 g/mol. The van der Waals surface area contributed by atoms with Gasteiger partial charge in [-0.05, 0) is 48.6 Å². The first kappa shape index (κ1) is 31.5. The smallest absolute Gasteiger partial charge is 0.0126 e. The molecule has 27 heavy (non-hydrogen) atoms. The van der Waals surface area contributed by atoms with Gasteiger partial charge in [-0.1, -0.05) is 41.5 Å². The summed E-state index contributed by atoms with van der Waals surface area (Å²) in [5.41, 5.74) is 0.726. The van der Waals surface area contributed by atoms with Gasteiger partial charge in [0.15, 0.2) is 0 Å². The Kier molecular flexibility index (Phi) is 20.9. The lowest BCUT2D eigenvalue weighted by Crippen LogP contribution is -2.52. The molecule has 0 aromatic carbocycles. The van der Waals surface area contributed by atoms with Crippen LogP contribution in [0.3, 0.4) is 0 Å². The van der Waals surface area contributed by atoms with Crippen molar-refractivity contribution in [1.29, 1.82) is 0 Å². The maximum atomic E-state index is 3.35. The fourth-order valence-corrected chi connectivity index (χ4v) is 2.81. The van der Waals surface area contributed by atoms with Gasteiger partial charge in [-0.15, -0.1) is 0 Å². The Balaban J connectivity index is -0.000000335. The predicted molar refractivity (Wildman–Crippen MR) is 127 cm³/mol. The summed E-state index contributed by atoms with van der Waals surface area (Å²) in [5, 5.41) is 3.35. The minimum absolute atomic E-state index is 0.362. The van der Waals surface area contributed by atoms with E-state index >= 15 is 0 Å². The maximum Gasteiger partial charge on any atom is 0.0126 e. The Labute approximate surface area is 174 Å². The molecule has 4 heteroatoms. The molecule has 0 unspecified atom stereocenters. The van der Waals surface area contributed by atoms with Gasteiger partial charge in [0.1, 0.15) is 0 Å². The minimum Gasteiger partial charge on any atom is -0.314 e. The summed E-state index contributed by atoms with van der Waals surface area (Å²) in [5.74, 6) is 0. The number of likely N-dealkylation sites (N-methyl/N-ethyl adjacent to an activating group) is 1. The fourth-order valence-electron chi connectivity index (χ4n) is 2.81. The lowest BCUT2D eigenvalue weighted by molar-refractivity contribution is 0.0735. The van der Waals surface area contributed by atoms with Gasteiger partial charge >= 0.3 is 0 Å². The zero-order valence-electron chi connectivity index (χ0n) is 21.5. The van der Waals surface area contributed by atoms with Crippen LogP contribution < -0.4 is 5.32 Å². The lowest BCUT2D eigenvalue weighted by Gasteiger charge is -2.41. The summed E-state index contributed by atoms with van der Waals surface area (Å²) < 4.78 is 0. The second kappa shape index (κ2) is 17.9. The minimum atomic E-state index is 0.362. The largest absolute Gasteiger partial charge is 0.314 e. The standard InChI is InChI=1S/C9H20N2.C8H18N2.3C2H6/c1-9(2,3)11-7-5-10(4)6-8-11;1-8(2,3)10-6-4-9-5-7-10;3*1-2/h5-8H2,1-4H3;9H,4-7H2,1-3H3;3*1-2H3. The van der Waals surface area contributed by atoms with E-state index in [4.69, 9.17) is 0 Å². The van der Waals surface area contributed by atoms with Crippen LogP contribution in [0.2, 0.25) is 0 Å². The molecule has 2 aliphatic rings. The Morgan fingerprint density at radius 2 is 0.815 bits per heavy atom. The second-order valence-electron chi connectivity index (χ2n) is 8.37. The van der Waals surface area contributed by atoms with Gasteiger partial charge in [-0.25, -0.2) is 0 Å². The normalized spacial score (nSPS) is 19.0. The fraction of sp³-hybridized carbons (Fsp3) is 1.00. The number of hydrogen-bond acceptors (Lipinski definition) is 4. The summed E-state index contributed by atoms with van der Waals surface area (Å²) in [6.07, 6.45) is 0. The monoisotopic (exact) mass is 388 g/mol. The van der Waals surface area contributed by atoms with Crippen LogP contribution >= 0.6 is 0 Å². The summed E-state index contributed by atoms with van der Waals surface area (Å²) >= 11 is 0. The Morgan fingerprint density at radius 3 is 1.07 bits per heavy atom. The summed E-state index contributed by atoms with van der Waals surface area (Å²) in [6, 6.07) is 0. The molecule has 2 heterocycles. The number of nitrogens with one attached hydrogen (secondary N) is 1. The van der Waals surface area contributed by atoms with Gasteiger partial charge in [-0.3, -0.25) is 9.80 Å². The molecule has 2 rings (SSSR count). The van der Waals surface area contributed by atoms with Crippen molar-refractivity contribution in [3.63, 3.8) is 0 Å². The third kappa shape index (κ3) is 16.5. The molecule has 2 aliphatic heterocycles. The Morgan fingerprint density at radius 1 is 0.519 bits per heavy atom. The van der Waals surface area contributed by atoms with Gasteiger partial charge in [0, 0.05) is 63.4 Å². The molecular formula is C23H56N4. The summed E-state index contributed by atoms with van der Waals surface area (Å²) in [4.78, 5) is 7.46. The van der Waals surface area contributed by atoms with E-state index in [-0.39, 0.29) is 0 Å². The van der Waals surface area contributed by atoms with E-state index in [0.29, 0.717) is 11.1 Å².